The van der Waals surface area contributed by atoms with E-state index in [9.17, 15) is 8.42 Å². The number of fused-ring (bicyclic) bond motifs is 1. The molecule has 0 saturated carbocycles. The molecular formula is C19H21NO4S. The van der Waals surface area contributed by atoms with Gasteiger partial charge >= 0.3 is 0 Å². The van der Waals surface area contributed by atoms with Gasteiger partial charge in [0.25, 0.3) is 10.0 Å². The van der Waals surface area contributed by atoms with Crippen molar-refractivity contribution in [3.05, 3.63) is 60.2 Å². The molecule has 0 atom stereocenters. The van der Waals surface area contributed by atoms with Crippen LogP contribution in [0.1, 0.15) is 11.1 Å². The van der Waals surface area contributed by atoms with Gasteiger partial charge in [-0.15, -0.1) is 6.58 Å². The number of ether oxygens (including phenoxy) is 2. The Kier molecular flexibility index (Phi) is 4.72. The molecule has 0 unspecified atom stereocenters. The second-order valence-corrected chi connectivity index (χ2v) is 7.84. The van der Waals surface area contributed by atoms with Crippen molar-refractivity contribution in [3.8, 4) is 11.5 Å². The zero-order valence-corrected chi connectivity index (χ0v) is 15.2. The fraction of sp³-hybridized carbons (Fsp3) is 0.263. The van der Waals surface area contributed by atoms with Crippen LogP contribution in [-0.2, 0) is 10.0 Å². The average molecular weight is 359 g/mol. The lowest BCUT2D eigenvalue weighted by Crippen LogP contribution is -2.31. The summed E-state index contributed by atoms with van der Waals surface area (Å²) in [7, 11) is -3.76. The molecule has 5 nitrogen and oxygen atoms in total. The summed E-state index contributed by atoms with van der Waals surface area (Å²) in [4.78, 5) is 0.165. The SMILES string of the molecule is C=CCN(c1cc(C)cc(C)c1)S(=O)(=O)c1ccc2c(c1)OCCO2. The molecule has 1 heterocycles. The second-order valence-electron chi connectivity index (χ2n) is 5.98. The molecule has 0 spiro atoms. The molecule has 1 aliphatic heterocycles. The third-order valence-electron chi connectivity index (χ3n) is 3.89. The van der Waals surface area contributed by atoms with Crippen molar-refractivity contribution in [2.24, 2.45) is 0 Å². The highest BCUT2D eigenvalue weighted by Gasteiger charge is 2.26. The normalized spacial score (nSPS) is 13.4. The number of aryl methyl sites for hydroxylation is 2. The van der Waals surface area contributed by atoms with Crippen molar-refractivity contribution in [1.82, 2.24) is 0 Å². The molecule has 0 aliphatic carbocycles. The standard InChI is InChI=1S/C19H21NO4S/c1-4-7-20(16-11-14(2)10-15(3)12-16)25(21,22)17-5-6-18-19(13-17)24-9-8-23-18/h4-6,10-13H,1,7-9H2,2-3H3. The Hall–Kier alpha value is -2.47. The van der Waals surface area contributed by atoms with E-state index in [0.717, 1.165) is 11.1 Å². The smallest absolute Gasteiger partial charge is 0.264 e. The molecule has 132 valence electrons. The maximum absolute atomic E-state index is 13.2. The van der Waals surface area contributed by atoms with Crippen molar-refractivity contribution in [2.45, 2.75) is 18.7 Å². The van der Waals surface area contributed by atoms with Crippen LogP contribution in [0, 0.1) is 13.8 Å². The Labute approximate surface area is 148 Å². The Morgan fingerprint density at radius 2 is 1.68 bits per heavy atom. The summed E-state index contributed by atoms with van der Waals surface area (Å²) >= 11 is 0. The van der Waals surface area contributed by atoms with Gasteiger partial charge in [0.05, 0.1) is 17.1 Å². The van der Waals surface area contributed by atoms with Crippen LogP contribution in [0.4, 0.5) is 5.69 Å². The van der Waals surface area contributed by atoms with Crippen LogP contribution in [0.2, 0.25) is 0 Å². The minimum Gasteiger partial charge on any atom is -0.486 e. The molecule has 0 aromatic heterocycles. The number of nitrogens with zero attached hydrogens (tertiary/aromatic N) is 1. The summed E-state index contributed by atoms with van der Waals surface area (Å²) < 4.78 is 38.8. The molecule has 3 rings (SSSR count). The van der Waals surface area contributed by atoms with Crippen LogP contribution in [0.25, 0.3) is 0 Å². The van der Waals surface area contributed by atoms with E-state index in [1.165, 1.54) is 10.4 Å². The van der Waals surface area contributed by atoms with Crippen LogP contribution in [0.15, 0.2) is 53.9 Å². The lowest BCUT2D eigenvalue weighted by Gasteiger charge is -2.25. The molecule has 1 aliphatic rings. The molecular weight excluding hydrogens is 338 g/mol. The van der Waals surface area contributed by atoms with E-state index < -0.39 is 10.0 Å². The summed E-state index contributed by atoms with van der Waals surface area (Å²) in [5.41, 5.74) is 2.62. The molecule has 2 aromatic carbocycles. The molecule has 0 fully saturated rings. The van der Waals surface area contributed by atoms with Crippen LogP contribution < -0.4 is 13.8 Å². The number of sulfonamides is 1. The number of rotatable bonds is 5. The van der Waals surface area contributed by atoms with Gasteiger partial charge in [-0.2, -0.15) is 0 Å². The molecule has 2 aromatic rings. The van der Waals surface area contributed by atoms with Gasteiger partial charge in [-0.25, -0.2) is 8.42 Å². The fourth-order valence-corrected chi connectivity index (χ4v) is 4.30. The molecule has 0 amide bonds. The van der Waals surface area contributed by atoms with E-state index in [1.54, 1.807) is 18.2 Å². The third-order valence-corrected chi connectivity index (χ3v) is 5.68. The van der Waals surface area contributed by atoms with Crippen LogP contribution in [0.5, 0.6) is 11.5 Å². The topological polar surface area (TPSA) is 55.8 Å². The summed E-state index contributed by atoms with van der Waals surface area (Å²) in [6, 6.07) is 10.4. The van der Waals surface area contributed by atoms with Gasteiger partial charge in [-0.3, -0.25) is 4.31 Å². The zero-order valence-electron chi connectivity index (χ0n) is 14.4. The van der Waals surface area contributed by atoms with Crippen molar-refractivity contribution < 1.29 is 17.9 Å². The number of hydrogen-bond acceptors (Lipinski definition) is 4. The Morgan fingerprint density at radius 1 is 1.04 bits per heavy atom. The van der Waals surface area contributed by atoms with Crippen LogP contribution in [0.3, 0.4) is 0 Å². The van der Waals surface area contributed by atoms with E-state index in [0.29, 0.717) is 30.4 Å². The first-order chi connectivity index (χ1) is 11.9. The molecule has 0 radical (unpaired) electrons. The molecule has 0 saturated heterocycles. The first-order valence-corrected chi connectivity index (χ1v) is 9.47. The molecule has 6 heteroatoms. The third kappa shape index (κ3) is 3.49. The fourth-order valence-electron chi connectivity index (χ4n) is 2.87. The summed E-state index contributed by atoms with van der Waals surface area (Å²) in [6.07, 6.45) is 1.58. The molecule has 0 N–H and O–H groups in total. The predicted octanol–water partition coefficient (Wildman–Crippen LogP) is 3.46. The van der Waals surface area contributed by atoms with Gasteiger partial charge in [-0.1, -0.05) is 12.1 Å². The Balaban J connectivity index is 2.07. The first kappa shape index (κ1) is 17.4. The number of anilines is 1. The summed E-state index contributed by atoms with van der Waals surface area (Å²) in [5, 5.41) is 0. The van der Waals surface area contributed by atoms with E-state index in [4.69, 9.17) is 9.47 Å². The minimum absolute atomic E-state index is 0.165. The Bertz CT molecular complexity index is 885. The predicted molar refractivity (Wildman–Crippen MR) is 98.1 cm³/mol. The van der Waals surface area contributed by atoms with Crippen LogP contribution in [-0.4, -0.2) is 28.2 Å². The van der Waals surface area contributed by atoms with Crippen molar-refractivity contribution >= 4 is 15.7 Å². The lowest BCUT2D eigenvalue weighted by molar-refractivity contribution is 0.171. The first-order valence-electron chi connectivity index (χ1n) is 8.03. The minimum atomic E-state index is -3.76. The van der Waals surface area contributed by atoms with E-state index in [1.807, 2.05) is 32.0 Å². The highest BCUT2D eigenvalue weighted by Crippen LogP contribution is 2.34. The largest absolute Gasteiger partial charge is 0.486 e. The van der Waals surface area contributed by atoms with Gasteiger partial charge in [0.1, 0.15) is 13.2 Å². The van der Waals surface area contributed by atoms with E-state index in [2.05, 4.69) is 6.58 Å². The monoisotopic (exact) mass is 359 g/mol. The van der Waals surface area contributed by atoms with Crippen molar-refractivity contribution in [3.63, 3.8) is 0 Å². The summed E-state index contributed by atoms with van der Waals surface area (Å²) in [5.74, 6) is 1.01. The van der Waals surface area contributed by atoms with Crippen molar-refractivity contribution in [2.75, 3.05) is 24.1 Å². The quantitative estimate of drug-likeness (QED) is 0.767. The zero-order chi connectivity index (χ0) is 18.0. The van der Waals surface area contributed by atoms with Gasteiger partial charge in [-0.05, 0) is 49.2 Å². The molecule has 0 bridgehead atoms. The highest BCUT2D eigenvalue weighted by atomic mass is 32.2. The average Bonchev–Trinajstić information content (AvgIpc) is 2.58. The Morgan fingerprint density at radius 3 is 2.32 bits per heavy atom. The van der Waals surface area contributed by atoms with Crippen LogP contribution >= 0.6 is 0 Å². The van der Waals surface area contributed by atoms with Gasteiger partial charge in [0.15, 0.2) is 11.5 Å². The number of hydrogen-bond donors (Lipinski definition) is 0. The van der Waals surface area contributed by atoms with E-state index in [-0.39, 0.29) is 11.4 Å². The van der Waals surface area contributed by atoms with E-state index >= 15 is 0 Å². The number of benzene rings is 2. The lowest BCUT2D eigenvalue weighted by atomic mass is 10.1. The van der Waals surface area contributed by atoms with Crippen molar-refractivity contribution in [1.29, 1.82) is 0 Å². The van der Waals surface area contributed by atoms with Gasteiger partial charge < -0.3 is 9.47 Å². The van der Waals surface area contributed by atoms with Gasteiger partial charge in [0.2, 0.25) is 0 Å². The molecule has 25 heavy (non-hydrogen) atoms. The maximum Gasteiger partial charge on any atom is 0.264 e. The summed E-state index contributed by atoms with van der Waals surface area (Å²) in [6.45, 7) is 8.63. The van der Waals surface area contributed by atoms with Gasteiger partial charge in [0, 0.05) is 6.07 Å². The second kappa shape index (κ2) is 6.80. The maximum atomic E-state index is 13.2. The highest BCUT2D eigenvalue weighted by molar-refractivity contribution is 7.92.